The number of anilines is 2. The Kier molecular flexibility index (Phi) is 7.07. The summed E-state index contributed by atoms with van der Waals surface area (Å²) in [5, 5.41) is 11.4. The molecule has 0 heterocycles. The smallest absolute Gasteiger partial charge is 0.356 e. The topological polar surface area (TPSA) is 91.1 Å². The zero-order valence-corrected chi connectivity index (χ0v) is 16.9. The summed E-state index contributed by atoms with van der Waals surface area (Å²) in [5.41, 5.74) is 3.08. The van der Waals surface area contributed by atoms with Gasteiger partial charge < -0.3 is 5.32 Å². The molecule has 126 valence electrons. The second kappa shape index (κ2) is 9.07. The van der Waals surface area contributed by atoms with E-state index in [-0.39, 0.29) is 34.5 Å². The van der Waals surface area contributed by atoms with Gasteiger partial charge in [0.15, 0.2) is 0 Å². The number of nitrogens with one attached hydrogen (secondary N) is 1. The number of hydrogen-bond donors (Lipinski definition) is 2. The van der Waals surface area contributed by atoms with E-state index in [2.05, 4.69) is 15.5 Å². The van der Waals surface area contributed by atoms with Crippen molar-refractivity contribution >= 4 is 32.9 Å². The second-order valence-corrected chi connectivity index (χ2v) is 6.63. The van der Waals surface area contributed by atoms with Crippen LogP contribution in [0.5, 0.6) is 0 Å². The second-order valence-electron chi connectivity index (χ2n) is 5.21. The number of benzene rings is 3. The van der Waals surface area contributed by atoms with E-state index >= 15 is 0 Å². The van der Waals surface area contributed by atoms with Gasteiger partial charge in [0.25, 0.3) is 10.1 Å². The van der Waals surface area contributed by atoms with Crippen molar-refractivity contribution in [1.82, 2.24) is 0 Å². The predicted octanol–water partition coefficient (Wildman–Crippen LogP) is 2.10. The maximum absolute atomic E-state index is 11.0. The van der Waals surface area contributed by atoms with E-state index in [9.17, 15) is 8.42 Å². The Morgan fingerprint density at radius 2 is 1.15 bits per heavy atom. The Hall–Kier alpha value is -2.03. The van der Waals surface area contributed by atoms with Crippen LogP contribution in [0.4, 0.5) is 22.7 Å². The van der Waals surface area contributed by atoms with Crippen molar-refractivity contribution in [3.63, 3.8) is 0 Å². The molecule has 0 radical (unpaired) electrons. The first kappa shape index (κ1) is 20.3. The third-order valence-electron chi connectivity index (χ3n) is 3.35. The fourth-order valence-corrected chi connectivity index (χ4v) is 2.58. The van der Waals surface area contributed by atoms with Crippen LogP contribution < -0.4 is 34.9 Å². The summed E-state index contributed by atoms with van der Waals surface area (Å²) in [6.07, 6.45) is 0. The van der Waals surface area contributed by atoms with E-state index in [0.717, 1.165) is 11.4 Å². The molecule has 0 bridgehead atoms. The predicted molar refractivity (Wildman–Crippen MR) is 96.6 cm³/mol. The van der Waals surface area contributed by atoms with Crippen molar-refractivity contribution in [1.29, 1.82) is 0 Å². The van der Waals surface area contributed by atoms with Crippen LogP contribution in [-0.2, 0) is 10.1 Å². The van der Waals surface area contributed by atoms with Crippen LogP contribution in [0.25, 0.3) is 0 Å². The number of para-hydroxylation sites is 1. The summed E-state index contributed by atoms with van der Waals surface area (Å²) >= 11 is 0. The Morgan fingerprint density at radius 1 is 0.692 bits per heavy atom. The Labute approximate surface area is 174 Å². The molecule has 0 saturated heterocycles. The number of rotatable bonds is 5. The molecule has 3 aromatic carbocycles. The first-order valence-corrected chi connectivity index (χ1v) is 8.86. The Bertz CT molecular complexity index is 974. The van der Waals surface area contributed by atoms with Crippen LogP contribution in [0, 0.1) is 0 Å². The van der Waals surface area contributed by atoms with Gasteiger partial charge in [-0.3, -0.25) is 4.55 Å². The van der Waals surface area contributed by atoms with Crippen LogP contribution in [0.3, 0.4) is 0 Å². The van der Waals surface area contributed by atoms with E-state index in [1.807, 2.05) is 54.6 Å². The maximum atomic E-state index is 11.0. The van der Waals surface area contributed by atoms with E-state index in [0.29, 0.717) is 11.4 Å². The maximum Gasteiger partial charge on any atom is 1.00 e. The molecule has 0 aliphatic carbocycles. The molecule has 0 aliphatic heterocycles. The van der Waals surface area contributed by atoms with Gasteiger partial charge in [-0.1, -0.05) is 18.2 Å². The quantitative estimate of drug-likeness (QED) is 0.405. The molecular weight excluding hydrogens is 361 g/mol. The molecule has 0 aromatic heterocycles. The normalized spacial score (nSPS) is 11.1. The fraction of sp³-hybridized carbons (Fsp3) is 0. The van der Waals surface area contributed by atoms with Crippen molar-refractivity contribution < 1.29 is 42.5 Å². The van der Waals surface area contributed by atoms with Crippen molar-refractivity contribution in [3.8, 4) is 0 Å². The average Bonchev–Trinajstić information content (AvgIpc) is 2.62. The molecule has 0 atom stereocenters. The molecule has 0 spiro atoms. The molecular formula is C18H15N3NaO3S+. The molecule has 0 fully saturated rings. The summed E-state index contributed by atoms with van der Waals surface area (Å²) in [5.74, 6) is 0. The molecule has 0 amide bonds. The number of azo groups is 1. The van der Waals surface area contributed by atoms with Crippen molar-refractivity contribution in [2.45, 2.75) is 4.90 Å². The van der Waals surface area contributed by atoms with Gasteiger partial charge in [0.05, 0.1) is 16.3 Å². The monoisotopic (exact) mass is 376 g/mol. The van der Waals surface area contributed by atoms with Crippen molar-refractivity contribution in [3.05, 3.63) is 78.9 Å². The van der Waals surface area contributed by atoms with Crippen LogP contribution in [-0.4, -0.2) is 13.0 Å². The summed E-state index contributed by atoms with van der Waals surface area (Å²) in [4.78, 5) is -0.178. The van der Waals surface area contributed by atoms with Crippen molar-refractivity contribution in [2.75, 3.05) is 5.32 Å². The van der Waals surface area contributed by atoms with Gasteiger partial charge in [0.1, 0.15) is 0 Å². The molecule has 2 N–H and O–H groups in total. The molecule has 8 heteroatoms. The Balaban J connectivity index is 0.00000243. The largest absolute Gasteiger partial charge is 1.00 e. The summed E-state index contributed by atoms with van der Waals surface area (Å²) in [7, 11) is -4.20. The standard InChI is InChI=1S/C18H15N3O3S.Na/c22-25(23,24)18-12-10-17(11-13-18)21-20-16-8-6-15(7-9-16)19-14-4-2-1-3-5-14;/h1-13,19H,(H,22,23,24);/q;+1. The third-order valence-corrected chi connectivity index (χ3v) is 4.21. The van der Waals surface area contributed by atoms with E-state index in [1.54, 1.807) is 0 Å². The number of hydrogen-bond acceptors (Lipinski definition) is 5. The molecule has 0 saturated carbocycles. The fourth-order valence-electron chi connectivity index (χ4n) is 2.10. The van der Waals surface area contributed by atoms with E-state index in [1.165, 1.54) is 24.3 Å². The van der Waals surface area contributed by atoms with E-state index in [4.69, 9.17) is 4.55 Å². The minimum absolute atomic E-state index is 0. The summed E-state index contributed by atoms with van der Waals surface area (Å²) in [6, 6.07) is 22.7. The first-order valence-electron chi connectivity index (χ1n) is 7.42. The van der Waals surface area contributed by atoms with Gasteiger partial charge in [0, 0.05) is 11.4 Å². The van der Waals surface area contributed by atoms with E-state index < -0.39 is 10.1 Å². The van der Waals surface area contributed by atoms with Crippen LogP contribution in [0.2, 0.25) is 0 Å². The zero-order chi connectivity index (χ0) is 17.7. The minimum Gasteiger partial charge on any atom is -0.356 e. The van der Waals surface area contributed by atoms with Gasteiger partial charge in [0.2, 0.25) is 0 Å². The minimum atomic E-state index is -4.20. The van der Waals surface area contributed by atoms with Crippen LogP contribution in [0.15, 0.2) is 94.0 Å². The molecule has 0 unspecified atom stereocenters. The first-order chi connectivity index (χ1) is 12.0. The van der Waals surface area contributed by atoms with Gasteiger partial charge in [-0.25, -0.2) is 0 Å². The molecule has 26 heavy (non-hydrogen) atoms. The van der Waals surface area contributed by atoms with Crippen LogP contribution in [0.1, 0.15) is 0 Å². The van der Waals surface area contributed by atoms with Crippen LogP contribution >= 0.6 is 0 Å². The number of nitrogens with zero attached hydrogens (tertiary/aromatic N) is 2. The molecule has 0 aliphatic rings. The van der Waals surface area contributed by atoms with Crippen molar-refractivity contribution in [2.24, 2.45) is 10.2 Å². The van der Waals surface area contributed by atoms with Gasteiger partial charge in [-0.15, -0.1) is 0 Å². The molecule has 6 nitrogen and oxygen atoms in total. The molecule has 3 rings (SSSR count). The van der Waals surface area contributed by atoms with Gasteiger partial charge in [-0.05, 0) is 60.7 Å². The SMILES string of the molecule is O=S(=O)(O)c1ccc(N=Nc2ccc(Nc3ccccc3)cc2)cc1.[Na+]. The third kappa shape index (κ3) is 5.76. The average molecular weight is 376 g/mol. The van der Waals surface area contributed by atoms with Gasteiger partial charge in [-0.2, -0.15) is 18.6 Å². The zero-order valence-electron chi connectivity index (χ0n) is 14.1. The Morgan fingerprint density at radius 3 is 1.65 bits per heavy atom. The van der Waals surface area contributed by atoms with Gasteiger partial charge >= 0.3 is 29.6 Å². The summed E-state index contributed by atoms with van der Waals surface area (Å²) < 4.78 is 30.9. The molecule has 3 aromatic rings. The summed E-state index contributed by atoms with van der Waals surface area (Å²) in [6.45, 7) is 0.